The van der Waals surface area contributed by atoms with Gasteiger partial charge in [-0.3, -0.25) is 0 Å². The van der Waals surface area contributed by atoms with Gasteiger partial charge in [0, 0.05) is 12.1 Å². The maximum atomic E-state index is 9.85. The fraction of sp³-hybridized carbons (Fsp3) is 0.889. The highest BCUT2D eigenvalue weighted by atomic mass is 16.3. The Labute approximate surface area is 69.1 Å². The van der Waals surface area contributed by atoms with Gasteiger partial charge in [0.05, 0.1) is 5.60 Å². The number of aliphatic hydroxyl groups is 1. The van der Waals surface area contributed by atoms with Gasteiger partial charge in [-0.25, -0.2) is 0 Å². The zero-order chi connectivity index (χ0) is 8.91. The van der Waals surface area contributed by atoms with Crippen molar-refractivity contribution in [2.75, 3.05) is 0 Å². The van der Waals surface area contributed by atoms with Gasteiger partial charge in [0.1, 0.15) is 0 Å². The van der Waals surface area contributed by atoms with E-state index in [1.54, 1.807) is 6.92 Å². The molecule has 0 radical (unpaired) electrons. The minimum atomic E-state index is -0.611. The van der Waals surface area contributed by atoms with Gasteiger partial charge in [-0.2, -0.15) is 0 Å². The molecule has 0 aliphatic rings. The van der Waals surface area contributed by atoms with E-state index in [4.69, 9.17) is 5.41 Å². The summed E-state index contributed by atoms with van der Waals surface area (Å²) in [6.07, 6.45) is 3.06. The molecule has 66 valence electrons. The molecule has 0 unspecified atom stereocenters. The van der Waals surface area contributed by atoms with E-state index in [0.717, 1.165) is 19.3 Å². The first kappa shape index (κ1) is 10.6. The molecule has 0 amide bonds. The standard InChI is InChI=1S/C9H19NO/c1-4-6-9(11,5-2)7-8(3)10/h10-11H,4-7H2,1-3H3/t9-/m1/s1. The zero-order valence-electron chi connectivity index (χ0n) is 7.78. The second-order valence-corrected chi connectivity index (χ2v) is 3.29. The van der Waals surface area contributed by atoms with Crippen LogP contribution in [0, 0.1) is 5.41 Å². The molecule has 0 fully saturated rings. The lowest BCUT2D eigenvalue weighted by molar-refractivity contribution is 0.0338. The van der Waals surface area contributed by atoms with E-state index in [9.17, 15) is 5.11 Å². The predicted octanol–water partition coefficient (Wildman–Crippen LogP) is 2.36. The molecule has 0 aliphatic heterocycles. The summed E-state index contributed by atoms with van der Waals surface area (Å²) in [6.45, 7) is 5.77. The third kappa shape index (κ3) is 4.14. The summed E-state index contributed by atoms with van der Waals surface area (Å²) in [6, 6.07) is 0. The zero-order valence-corrected chi connectivity index (χ0v) is 7.78. The van der Waals surface area contributed by atoms with Crippen LogP contribution in [0.4, 0.5) is 0 Å². The van der Waals surface area contributed by atoms with Gasteiger partial charge in [-0.05, 0) is 19.8 Å². The molecule has 0 spiro atoms. The summed E-state index contributed by atoms with van der Waals surface area (Å²) in [4.78, 5) is 0. The van der Waals surface area contributed by atoms with E-state index in [-0.39, 0.29) is 0 Å². The minimum Gasteiger partial charge on any atom is -0.390 e. The number of rotatable bonds is 5. The molecule has 2 N–H and O–H groups in total. The van der Waals surface area contributed by atoms with Crippen molar-refractivity contribution < 1.29 is 5.11 Å². The largest absolute Gasteiger partial charge is 0.390 e. The summed E-state index contributed by atoms with van der Waals surface area (Å²) in [5, 5.41) is 17.1. The van der Waals surface area contributed by atoms with Crippen LogP contribution in [-0.2, 0) is 0 Å². The highest BCUT2D eigenvalue weighted by Crippen LogP contribution is 2.21. The summed E-state index contributed by atoms with van der Waals surface area (Å²) in [5.41, 5.74) is -0.0385. The molecule has 11 heavy (non-hydrogen) atoms. The van der Waals surface area contributed by atoms with Gasteiger partial charge >= 0.3 is 0 Å². The fourth-order valence-corrected chi connectivity index (χ4v) is 1.35. The van der Waals surface area contributed by atoms with Crippen LogP contribution in [0.3, 0.4) is 0 Å². The molecule has 0 rings (SSSR count). The molecule has 0 heterocycles. The molecule has 0 bridgehead atoms. The molecule has 0 saturated carbocycles. The van der Waals surface area contributed by atoms with Gasteiger partial charge in [0.15, 0.2) is 0 Å². The van der Waals surface area contributed by atoms with Gasteiger partial charge in [0.2, 0.25) is 0 Å². The Morgan fingerprint density at radius 2 is 2.00 bits per heavy atom. The average Bonchev–Trinajstić information content (AvgIpc) is 1.87. The predicted molar refractivity (Wildman–Crippen MR) is 48.2 cm³/mol. The van der Waals surface area contributed by atoms with Crippen molar-refractivity contribution >= 4 is 5.71 Å². The minimum absolute atomic E-state index is 0.525. The van der Waals surface area contributed by atoms with E-state index in [1.807, 2.05) is 6.92 Å². The van der Waals surface area contributed by atoms with Crippen molar-refractivity contribution in [1.29, 1.82) is 5.41 Å². The second-order valence-electron chi connectivity index (χ2n) is 3.29. The second kappa shape index (κ2) is 4.50. The Balaban J connectivity index is 3.98. The fourth-order valence-electron chi connectivity index (χ4n) is 1.35. The maximum Gasteiger partial charge on any atom is 0.0696 e. The lowest BCUT2D eigenvalue weighted by atomic mass is 9.89. The van der Waals surface area contributed by atoms with Gasteiger partial charge in [-0.15, -0.1) is 0 Å². The van der Waals surface area contributed by atoms with Crippen molar-refractivity contribution in [3.05, 3.63) is 0 Å². The van der Waals surface area contributed by atoms with Crippen LogP contribution in [0.15, 0.2) is 0 Å². The molecular formula is C9H19NO. The molecular weight excluding hydrogens is 138 g/mol. The summed E-state index contributed by atoms with van der Waals surface area (Å²) >= 11 is 0. The third-order valence-electron chi connectivity index (χ3n) is 1.97. The smallest absolute Gasteiger partial charge is 0.0696 e. The first-order valence-corrected chi connectivity index (χ1v) is 4.30. The van der Waals surface area contributed by atoms with Gasteiger partial charge < -0.3 is 10.5 Å². The third-order valence-corrected chi connectivity index (χ3v) is 1.97. The molecule has 0 aromatic rings. The van der Waals surface area contributed by atoms with E-state index < -0.39 is 5.60 Å². The van der Waals surface area contributed by atoms with Crippen LogP contribution in [0.25, 0.3) is 0 Å². The van der Waals surface area contributed by atoms with E-state index in [1.165, 1.54) is 0 Å². The summed E-state index contributed by atoms with van der Waals surface area (Å²) in [7, 11) is 0. The Morgan fingerprint density at radius 3 is 2.27 bits per heavy atom. The van der Waals surface area contributed by atoms with Gasteiger partial charge in [0.25, 0.3) is 0 Å². The van der Waals surface area contributed by atoms with Gasteiger partial charge in [-0.1, -0.05) is 20.3 Å². The molecule has 0 aromatic heterocycles. The molecule has 2 nitrogen and oxygen atoms in total. The lowest BCUT2D eigenvalue weighted by Gasteiger charge is -2.25. The summed E-state index contributed by atoms with van der Waals surface area (Å²) < 4.78 is 0. The highest BCUT2D eigenvalue weighted by molar-refractivity contribution is 5.79. The maximum absolute atomic E-state index is 9.85. The Kier molecular flexibility index (Phi) is 4.34. The Morgan fingerprint density at radius 1 is 1.45 bits per heavy atom. The van der Waals surface area contributed by atoms with Crippen molar-refractivity contribution in [3.63, 3.8) is 0 Å². The Bertz CT molecular complexity index is 134. The summed E-state index contributed by atoms with van der Waals surface area (Å²) in [5.74, 6) is 0. The molecule has 2 heteroatoms. The average molecular weight is 157 g/mol. The first-order valence-electron chi connectivity index (χ1n) is 4.30. The quantitative estimate of drug-likeness (QED) is 0.591. The number of hydrogen-bond donors (Lipinski definition) is 2. The molecule has 0 aromatic carbocycles. The monoisotopic (exact) mass is 157 g/mol. The van der Waals surface area contributed by atoms with E-state index >= 15 is 0 Å². The van der Waals surface area contributed by atoms with Crippen LogP contribution >= 0.6 is 0 Å². The molecule has 0 saturated heterocycles. The highest BCUT2D eigenvalue weighted by Gasteiger charge is 2.23. The normalized spacial score (nSPS) is 16.0. The van der Waals surface area contributed by atoms with Crippen molar-refractivity contribution in [1.82, 2.24) is 0 Å². The number of hydrogen-bond acceptors (Lipinski definition) is 2. The van der Waals surface area contributed by atoms with Crippen LogP contribution in [0.1, 0.15) is 46.5 Å². The molecule has 1 atom stereocenters. The SMILES string of the molecule is CCC[C@](O)(CC)CC(C)=N. The lowest BCUT2D eigenvalue weighted by Crippen LogP contribution is -2.29. The Hall–Kier alpha value is -0.370. The van der Waals surface area contributed by atoms with Crippen molar-refractivity contribution in [2.45, 2.75) is 52.1 Å². The van der Waals surface area contributed by atoms with Crippen LogP contribution in [0.2, 0.25) is 0 Å². The van der Waals surface area contributed by atoms with Crippen molar-refractivity contribution in [2.24, 2.45) is 0 Å². The molecule has 0 aliphatic carbocycles. The van der Waals surface area contributed by atoms with E-state index in [0.29, 0.717) is 12.1 Å². The first-order chi connectivity index (χ1) is 5.04. The van der Waals surface area contributed by atoms with Crippen LogP contribution in [-0.4, -0.2) is 16.4 Å². The van der Waals surface area contributed by atoms with Crippen LogP contribution in [0.5, 0.6) is 0 Å². The van der Waals surface area contributed by atoms with Crippen LogP contribution < -0.4 is 0 Å². The topological polar surface area (TPSA) is 44.1 Å². The van der Waals surface area contributed by atoms with Crippen molar-refractivity contribution in [3.8, 4) is 0 Å². The number of nitrogens with one attached hydrogen (secondary N) is 1. The van der Waals surface area contributed by atoms with E-state index in [2.05, 4.69) is 6.92 Å².